The minimum atomic E-state index is -1.12. The molecule has 23 heavy (non-hydrogen) atoms. The maximum atomic E-state index is 12.4. The van der Waals surface area contributed by atoms with E-state index in [1.165, 1.54) is 0 Å². The van der Waals surface area contributed by atoms with Crippen molar-refractivity contribution in [2.24, 2.45) is 5.73 Å². The van der Waals surface area contributed by atoms with Crippen molar-refractivity contribution in [3.05, 3.63) is 24.3 Å². The van der Waals surface area contributed by atoms with Crippen LogP contribution in [-0.4, -0.2) is 57.0 Å². The Balaban J connectivity index is 1.64. The zero-order chi connectivity index (χ0) is 16.4. The fourth-order valence-corrected chi connectivity index (χ4v) is 2.67. The van der Waals surface area contributed by atoms with Crippen LogP contribution in [0.5, 0.6) is 0 Å². The van der Waals surface area contributed by atoms with Crippen molar-refractivity contribution in [3.8, 4) is 0 Å². The monoisotopic (exact) mass is 317 g/mol. The highest BCUT2D eigenvalue weighted by atomic mass is 16.5. The Kier molecular flexibility index (Phi) is 3.99. The van der Waals surface area contributed by atoms with E-state index in [4.69, 9.17) is 10.5 Å². The Morgan fingerprint density at radius 3 is 2.96 bits per heavy atom. The second-order valence-corrected chi connectivity index (χ2v) is 5.81. The van der Waals surface area contributed by atoms with Gasteiger partial charge in [0.1, 0.15) is 5.52 Å². The largest absolute Gasteiger partial charge is 0.367 e. The van der Waals surface area contributed by atoms with Gasteiger partial charge in [-0.3, -0.25) is 9.59 Å². The minimum Gasteiger partial charge on any atom is -0.367 e. The lowest BCUT2D eigenvalue weighted by Crippen LogP contribution is -2.58. The van der Waals surface area contributed by atoms with Crippen LogP contribution in [-0.2, 0) is 20.9 Å². The molecule has 2 aromatic rings. The summed E-state index contributed by atoms with van der Waals surface area (Å²) in [6, 6.07) is 7.59. The first-order valence-corrected chi connectivity index (χ1v) is 7.49. The Bertz CT molecular complexity index is 744. The summed E-state index contributed by atoms with van der Waals surface area (Å²) in [5.74, 6) is -0.613. The second kappa shape index (κ2) is 5.96. The molecule has 0 bridgehead atoms. The second-order valence-electron chi connectivity index (χ2n) is 5.81. The number of ether oxygens (including phenoxy) is 1. The van der Waals surface area contributed by atoms with Gasteiger partial charge in [-0.2, -0.15) is 0 Å². The van der Waals surface area contributed by atoms with Crippen molar-refractivity contribution >= 4 is 22.8 Å². The molecule has 8 heteroatoms. The Morgan fingerprint density at radius 1 is 1.39 bits per heavy atom. The molecule has 1 atom stereocenters. The average Bonchev–Trinajstić information content (AvgIpc) is 2.96. The highest BCUT2D eigenvalue weighted by molar-refractivity contribution is 5.85. The highest BCUT2D eigenvalue weighted by Crippen LogP contribution is 2.18. The number of morpholine rings is 1. The molecule has 8 nitrogen and oxygen atoms in total. The molecule has 1 aromatic heterocycles. The number of nitrogens with two attached hydrogens (primary N) is 1. The van der Waals surface area contributed by atoms with Gasteiger partial charge in [0.2, 0.25) is 5.91 Å². The molecule has 0 spiro atoms. The van der Waals surface area contributed by atoms with Gasteiger partial charge in [0, 0.05) is 13.0 Å². The third kappa shape index (κ3) is 3.02. The summed E-state index contributed by atoms with van der Waals surface area (Å²) in [5, 5.41) is 8.13. The smallest absolute Gasteiger partial charge is 0.251 e. The van der Waals surface area contributed by atoms with Gasteiger partial charge in [-0.25, -0.2) is 4.68 Å². The molecule has 0 saturated carbocycles. The van der Waals surface area contributed by atoms with Gasteiger partial charge < -0.3 is 15.4 Å². The van der Waals surface area contributed by atoms with Crippen molar-refractivity contribution in [3.63, 3.8) is 0 Å². The van der Waals surface area contributed by atoms with Crippen molar-refractivity contribution in [1.82, 2.24) is 19.9 Å². The van der Waals surface area contributed by atoms with Gasteiger partial charge >= 0.3 is 0 Å². The molecule has 1 aromatic carbocycles. The number of aryl methyl sites for hydroxylation is 1. The molecule has 1 aliphatic rings. The quantitative estimate of drug-likeness (QED) is 0.850. The number of primary amides is 1. The van der Waals surface area contributed by atoms with Crippen molar-refractivity contribution in [2.75, 3.05) is 19.7 Å². The van der Waals surface area contributed by atoms with Gasteiger partial charge in [-0.05, 0) is 19.1 Å². The fourth-order valence-electron chi connectivity index (χ4n) is 2.67. The standard InChI is InChI=1S/C15H19N5O3/c1-15(14(16)22)10-19(8-9-23-15)13(21)6-7-20-12-5-3-2-4-11(12)17-18-20/h2-5H,6-10H2,1H3,(H2,16,22)/t15-/m0/s1. The summed E-state index contributed by atoms with van der Waals surface area (Å²) in [6.07, 6.45) is 0.280. The van der Waals surface area contributed by atoms with Crippen molar-refractivity contribution < 1.29 is 14.3 Å². The van der Waals surface area contributed by atoms with Crippen LogP contribution in [0.2, 0.25) is 0 Å². The van der Waals surface area contributed by atoms with Gasteiger partial charge in [0.05, 0.1) is 25.2 Å². The molecule has 0 unspecified atom stereocenters. The number of hydrogen-bond donors (Lipinski definition) is 1. The first-order chi connectivity index (χ1) is 11.0. The molecular formula is C15H19N5O3. The lowest BCUT2D eigenvalue weighted by Gasteiger charge is -2.38. The lowest BCUT2D eigenvalue weighted by atomic mass is 10.0. The molecule has 0 aliphatic carbocycles. The highest BCUT2D eigenvalue weighted by Gasteiger charge is 2.39. The van der Waals surface area contributed by atoms with Gasteiger partial charge in [0.15, 0.2) is 5.60 Å². The summed E-state index contributed by atoms with van der Waals surface area (Å²) in [5.41, 5.74) is 5.93. The number of rotatable bonds is 4. The van der Waals surface area contributed by atoms with E-state index >= 15 is 0 Å². The summed E-state index contributed by atoms with van der Waals surface area (Å²) < 4.78 is 7.13. The number of carbonyl (C=O) groups is 2. The van der Waals surface area contributed by atoms with E-state index in [9.17, 15) is 9.59 Å². The zero-order valence-electron chi connectivity index (χ0n) is 12.9. The van der Waals surface area contributed by atoms with Crippen LogP contribution in [0.15, 0.2) is 24.3 Å². The average molecular weight is 317 g/mol. The van der Waals surface area contributed by atoms with E-state index < -0.39 is 11.5 Å². The molecule has 122 valence electrons. The van der Waals surface area contributed by atoms with Crippen LogP contribution < -0.4 is 5.73 Å². The number of benzene rings is 1. The van der Waals surface area contributed by atoms with Gasteiger partial charge in [-0.1, -0.05) is 17.3 Å². The molecule has 3 rings (SSSR count). The predicted molar refractivity (Wildman–Crippen MR) is 82.3 cm³/mol. The van der Waals surface area contributed by atoms with E-state index in [2.05, 4.69) is 10.3 Å². The van der Waals surface area contributed by atoms with E-state index in [0.717, 1.165) is 11.0 Å². The maximum Gasteiger partial charge on any atom is 0.251 e. The topological polar surface area (TPSA) is 103 Å². The number of para-hydroxylation sites is 1. The maximum absolute atomic E-state index is 12.4. The molecule has 1 saturated heterocycles. The first-order valence-electron chi connectivity index (χ1n) is 7.49. The summed E-state index contributed by atoms with van der Waals surface area (Å²) in [4.78, 5) is 25.5. The summed E-state index contributed by atoms with van der Waals surface area (Å²) in [7, 11) is 0. The van der Waals surface area contributed by atoms with E-state index in [-0.39, 0.29) is 18.9 Å². The molecule has 0 radical (unpaired) electrons. The Hall–Kier alpha value is -2.48. The lowest BCUT2D eigenvalue weighted by molar-refractivity contribution is -0.160. The molecule has 1 aliphatic heterocycles. The van der Waals surface area contributed by atoms with Crippen molar-refractivity contribution in [1.29, 1.82) is 0 Å². The van der Waals surface area contributed by atoms with Crippen LogP contribution in [0.4, 0.5) is 0 Å². The predicted octanol–water partition coefficient (Wildman–Crippen LogP) is -0.0758. The number of aromatic nitrogens is 3. The minimum absolute atomic E-state index is 0.0552. The summed E-state index contributed by atoms with van der Waals surface area (Å²) >= 11 is 0. The molecule has 2 N–H and O–H groups in total. The van der Waals surface area contributed by atoms with Crippen LogP contribution in [0.25, 0.3) is 11.0 Å². The number of nitrogens with zero attached hydrogens (tertiary/aromatic N) is 4. The Morgan fingerprint density at radius 2 is 2.17 bits per heavy atom. The first kappa shape index (κ1) is 15.4. The van der Waals surface area contributed by atoms with E-state index in [0.29, 0.717) is 19.7 Å². The van der Waals surface area contributed by atoms with Gasteiger partial charge in [0.25, 0.3) is 5.91 Å². The molecule has 2 amide bonds. The van der Waals surface area contributed by atoms with E-state index in [1.54, 1.807) is 16.5 Å². The third-order valence-electron chi connectivity index (χ3n) is 4.11. The number of amides is 2. The molecule has 1 fully saturated rings. The van der Waals surface area contributed by atoms with Crippen LogP contribution in [0.1, 0.15) is 13.3 Å². The third-order valence-corrected chi connectivity index (χ3v) is 4.11. The van der Waals surface area contributed by atoms with Crippen LogP contribution in [0, 0.1) is 0 Å². The van der Waals surface area contributed by atoms with Crippen LogP contribution in [0.3, 0.4) is 0 Å². The number of carbonyl (C=O) groups excluding carboxylic acids is 2. The summed E-state index contributed by atoms with van der Waals surface area (Å²) in [6.45, 7) is 2.99. The normalized spacial score (nSPS) is 21.5. The van der Waals surface area contributed by atoms with Crippen molar-refractivity contribution in [2.45, 2.75) is 25.5 Å². The van der Waals surface area contributed by atoms with Crippen LogP contribution >= 0.6 is 0 Å². The fraction of sp³-hybridized carbons (Fsp3) is 0.467. The molecule has 2 heterocycles. The van der Waals surface area contributed by atoms with Gasteiger partial charge in [-0.15, -0.1) is 5.10 Å². The number of hydrogen-bond acceptors (Lipinski definition) is 5. The SMILES string of the molecule is C[C@@]1(C(N)=O)CN(C(=O)CCn2nnc3ccccc32)CCO1. The zero-order valence-corrected chi connectivity index (χ0v) is 12.9. The Labute approximate surface area is 133 Å². The molecular weight excluding hydrogens is 298 g/mol. The number of fused-ring (bicyclic) bond motifs is 1. The van der Waals surface area contributed by atoms with E-state index in [1.807, 2.05) is 24.3 Å².